The van der Waals surface area contributed by atoms with Gasteiger partial charge in [0.1, 0.15) is 0 Å². The highest BCUT2D eigenvalue weighted by Crippen LogP contribution is 1.81. The van der Waals surface area contributed by atoms with Crippen molar-refractivity contribution in [3.05, 3.63) is 0 Å². The van der Waals surface area contributed by atoms with Gasteiger partial charge in [-0.15, -0.1) is 0 Å². The molecule has 0 rings (SSSR count). The number of hydrogen-bond acceptors (Lipinski definition) is 2. The fourth-order valence-electron chi connectivity index (χ4n) is 0.671. The van der Waals surface area contributed by atoms with Crippen molar-refractivity contribution < 1.29 is 9.46 Å². The maximum atomic E-state index is 8.46. The lowest BCUT2D eigenvalue weighted by Crippen LogP contribution is -2.21. The van der Waals surface area contributed by atoms with Crippen molar-refractivity contribution in [3.63, 3.8) is 0 Å². The molecule has 0 unspecified atom stereocenters. The predicted octanol–water partition coefficient (Wildman–Crippen LogP) is 1.53. The molecular formula is C6H16NO2P. The summed E-state index contributed by atoms with van der Waals surface area (Å²) in [5, 5.41) is 0. The molecule has 0 fully saturated rings. The third-order valence-corrected chi connectivity index (χ3v) is 1.34. The summed E-state index contributed by atoms with van der Waals surface area (Å²) in [5.74, 6) is 0. The molecule has 62 valence electrons. The lowest BCUT2D eigenvalue weighted by Gasteiger charge is -2.13. The molecule has 0 radical (unpaired) electrons. The average molecular weight is 165 g/mol. The highest BCUT2D eigenvalue weighted by atomic mass is 31.1. The molecular weight excluding hydrogens is 149 g/mol. The van der Waals surface area contributed by atoms with E-state index in [9.17, 15) is 0 Å². The van der Waals surface area contributed by atoms with Crippen LogP contribution in [0.25, 0.3) is 0 Å². The van der Waals surface area contributed by atoms with Gasteiger partial charge in [-0.1, -0.05) is 20.8 Å². The Balaban J connectivity index is 0. The Morgan fingerprint density at radius 3 is 1.40 bits per heavy atom. The van der Waals surface area contributed by atoms with Crippen LogP contribution in [-0.4, -0.2) is 29.4 Å². The second-order valence-corrected chi connectivity index (χ2v) is 1.86. The van der Waals surface area contributed by atoms with Crippen molar-refractivity contribution in [2.75, 3.05) is 19.6 Å². The summed E-state index contributed by atoms with van der Waals surface area (Å²) in [6, 6.07) is 0. The first-order valence-electron chi connectivity index (χ1n) is 3.45. The minimum Gasteiger partial charge on any atom is -0.310 e. The van der Waals surface area contributed by atoms with E-state index in [-0.39, 0.29) is 0 Å². The molecule has 0 saturated heterocycles. The summed E-state index contributed by atoms with van der Waals surface area (Å²) >= 11 is 0. The van der Waals surface area contributed by atoms with Gasteiger partial charge in [-0.25, -0.2) is 4.57 Å². The summed E-state index contributed by atoms with van der Waals surface area (Å²) in [4.78, 5) is 9.36. The standard InChI is InChI=1S/C6H15N.HO2P/c1-4-7(5-2)6-3;1-3-2/h4-6H2,1-3H3;(H,1,2). The molecule has 0 heterocycles. The van der Waals surface area contributed by atoms with E-state index >= 15 is 0 Å². The molecule has 0 amide bonds. The van der Waals surface area contributed by atoms with E-state index in [1.165, 1.54) is 19.6 Å². The summed E-state index contributed by atoms with van der Waals surface area (Å²) in [6.07, 6.45) is 0. The molecule has 3 nitrogen and oxygen atoms in total. The Labute approximate surface area is 64.3 Å². The van der Waals surface area contributed by atoms with Crippen molar-refractivity contribution in [1.82, 2.24) is 4.90 Å². The Kier molecular flexibility index (Phi) is 14.9. The van der Waals surface area contributed by atoms with Crippen LogP contribution >= 0.6 is 8.69 Å². The summed E-state index contributed by atoms with van der Waals surface area (Å²) < 4.78 is 8.46. The maximum absolute atomic E-state index is 8.46. The second-order valence-electron chi connectivity index (χ2n) is 1.70. The van der Waals surface area contributed by atoms with E-state index in [1.807, 2.05) is 0 Å². The zero-order valence-corrected chi connectivity index (χ0v) is 7.77. The van der Waals surface area contributed by atoms with Gasteiger partial charge in [-0.3, -0.25) is 0 Å². The molecule has 0 aliphatic heterocycles. The summed E-state index contributed by atoms with van der Waals surface area (Å²) in [6.45, 7) is 10.1. The van der Waals surface area contributed by atoms with Gasteiger partial charge in [0.2, 0.25) is 0 Å². The largest absolute Gasteiger partial charge is 0.324 e. The molecule has 0 aromatic rings. The van der Waals surface area contributed by atoms with Crippen molar-refractivity contribution >= 4 is 8.69 Å². The molecule has 0 saturated carbocycles. The Morgan fingerprint density at radius 2 is 1.40 bits per heavy atom. The van der Waals surface area contributed by atoms with E-state index in [0.717, 1.165) is 0 Å². The first-order chi connectivity index (χ1) is 4.76. The Bertz CT molecular complexity index is 61.3. The lowest BCUT2D eigenvalue weighted by molar-refractivity contribution is 0.321. The molecule has 0 aliphatic carbocycles. The van der Waals surface area contributed by atoms with Crippen LogP contribution in [0.5, 0.6) is 0 Å². The number of hydrogen-bond donors (Lipinski definition) is 1. The summed E-state index contributed by atoms with van der Waals surface area (Å²) in [5.41, 5.74) is 0. The molecule has 0 aliphatic rings. The van der Waals surface area contributed by atoms with Gasteiger partial charge in [0.05, 0.1) is 0 Å². The van der Waals surface area contributed by atoms with Crippen LogP contribution in [-0.2, 0) is 4.57 Å². The minimum atomic E-state index is -0.833. The van der Waals surface area contributed by atoms with E-state index in [1.54, 1.807) is 0 Å². The van der Waals surface area contributed by atoms with E-state index in [4.69, 9.17) is 9.46 Å². The van der Waals surface area contributed by atoms with Crippen molar-refractivity contribution in [2.24, 2.45) is 0 Å². The fourth-order valence-corrected chi connectivity index (χ4v) is 0.671. The lowest BCUT2D eigenvalue weighted by atomic mass is 10.5. The Hall–Kier alpha value is 0.0200. The Morgan fingerprint density at radius 1 is 1.20 bits per heavy atom. The smallest absolute Gasteiger partial charge is 0.310 e. The fraction of sp³-hybridized carbons (Fsp3) is 1.00. The van der Waals surface area contributed by atoms with Crippen molar-refractivity contribution in [2.45, 2.75) is 20.8 Å². The molecule has 0 atom stereocenters. The SMILES string of the molecule is CCN(CC)CC.O=PO. The average Bonchev–Trinajstić information content (AvgIpc) is 1.93. The zero-order valence-electron chi connectivity index (χ0n) is 6.87. The van der Waals surface area contributed by atoms with Crippen LogP contribution in [0.15, 0.2) is 0 Å². The minimum absolute atomic E-state index is 0.833. The first-order valence-corrected chi connectivity index (χ1v) is 4.22. The zero-order chi connectivity index (χ0) is 8.41. The highest BCUT2D eigenvalue weighted by Gasteiger charge is 1.89. The number of rotatable bonds is 3. The van der Waals surface area contributed by atoms with E-state index in [0.29, 0.717) is 0 Å². The maximum Gasteiger partial charge on any atom is 0.324 e. The monoisotopic (exact) mass is 165 g/mol. The molecule has 0 aromatic heterocycles. The molecule has 1 N–H and O–H groups in total. The van der Waals surface area contributed by atoms with Crippen LogP contribution in [0.1, 0.15) is 20.8 Å². The normalized spacial score (nSPS) is 9.30. The van der Waals surface area contributed by atoms with Crippen LogP contribution < -0.4 is 0 Å². The van der Waals surface area contributed by atoms with Gasteiger partial charge in [0.15, 0.2) is 0 Å². The van der Waals surface area contributed by atoms with Crippen molar-refractivity contribution in [3.8, 4) is 0 Å². The van der Waals surface area contributed by atoms with Gasteiger partial charge in [0.25, 0.3) is 0 Å². The first kappa shape index (κ1) is 12.7. The van der Waals surface area contributed by atoms with E-state index < -0.39 is 8.69 Å². The molecule has 4 heteroatoms. The van der Waals surface area contributed by atoms with Crippen LogP contribution in [0.4, 0.5) is 0 Å². The quantitative estimate of drug-likeness (QED) is 0.645. The number of nitrogens with zero attached hydrogens (tertiary/aromatic N) is 1. The molecule has 0 spiro atoms. The molecule has 0 aromatic carbocycles. The third-order valence-electron chi connectivity index (χ3n) is 1.34. The summed E-state index contributed by atoms with van der Waals surface area (Å²) in [7, 11) is -0.833. The predicted molar refractivity (Wildman–Crippen MR) is 43.3 cm³/mol. The van der Waals surface area contributed by atoms with E-state index in [2.05, 4.69) is 25.7 Å². The van der Waals surface area contributed by atoms with Gasteiger partial charge >= 0.3 is 8.69 Å². The second kappa shape index (κ2) is 11.8. The molecule has 0 bridgehead atoms. The van der Waals surface area contributed by atoms with Gasteiger partial charge in [0, 0.05) is 0 Å². The van der Waals surface area contributed by atoms with Gasteiger partial charge in [-0.2, -0.15) is 0 Å². The highest BCUT2D eigenvalue weighted by molar-refractivity contribution is 7.16. The third kappa shape index (κ3) is 10.9. The van der Waals surface area contributed by atoms with Crippen LogP contribution in [0.2, 0.25) is 0 Å². The topological polar surface area (TPSA) is 40.5 Å². The van der Waals surface area contributed by atoms with Crippen LogP contribution in [0, 0.1) is 0 Å². The molecule has 10 heavy (non-hydrogen) atoms. The van der Waals surface area contributed by atoms with Gasteiger partial charge < -0.3 is 9.79 Å². The van der Waals surface area contributed by atoms with Crippen molar-refractivity contribution in [1.29, 1.82) is 0 Å². The van der Waals surface area contributed by atoms with Gasteiger partial charge in [-0.05, 0) is 19.6 Å². The van der Waals surface area contributed by atoms with Crippen LogP contribution in [0.3, 0.4) is 0 Å².